The van der Waals surface area contributed by atoms with Gasteiger partial charge in [-0.15, -0.1) is 0 Å². The van der Waals surface area contributed by atoms with Crippen LogP contribution in [-0.2, 0) is 14.8 Å². The summed E-state index contributed by atoms with van der Waals surface area (Å²) in [5, 5.41) is 3.16. The van der Waals surface area contributed by atoms with Gasteiger partial charge in [-0.2, -0.15) is 0 Å². The van der Waals surface area contributed by atoms with E-state index < -0.39 is 10.0 Å². The number of rotatable bonds is 4. The number of amides is 1. The van der Waals surface area contributed by atoms with Crippen LogP contribution in [0.4, 0.5) is 15.8 Å². The molecule has 1 heterocycles. The molecule has 1 aromatic carbocycles. The van der Waals surface area contributed by atoms with E-state index in [4.69, 9.17) is 5.73 Å². The number of anilines is 3. The Kier molecular flexibility index (Phi) is 3.91. The van der Waals surface area contributed by atoms with E-state index in [9.17, 15) is 13.2 Å². The van der Waals surface area contributed by atoms with Crippen LogP contribution >= 0.6 is 11.3 Å². The summed E-state index contributed by atoms with van der Waals surface area (Å²) in [6.07, 6.45) is 1.38. The van der Waals surface area contributed by atoms with Gasteiger partial charge in [0.1, 0.15) is 5.00 Å². The SMILES string of the molecule is CC(=O)Nc1cnc(NS(=O)(=O)c2ccc(N)cc2)s1. The average Bonchev–Trinajstić information content (AvgIpc) is 2.75. The van der Waals surface area contributed by atoms with Crippen molar-refractivity contribution in [3.63, 3.8) is 0 Å². The number of nitrogens with one attached hydrogen (secondary N) is 2. The van der Waals surface area contributed by atoms with E-state index in [-0.39, 0.29) is 15.9 Å². The van der Waals surface area contributed by atoms with Crippen molar-refractivity contribution in [2.24, 2.45) is 0 Å². The topological polar surface area (TPSA) is 114 Å². The lowest BCUT2D eigenvalue weighted by Crippen LogP contribution is -2.12. The largest absolute Gasteiger partial charge is 0.399 e. The maximum absolute atomic E-state index is 12.1. The first-order valence-corrected chi connectivity index (χ1v) is 7.78. The number of benzene rings is 1. The molecule has 0 bridgehead atoms. The summed E-state index contributed by atoms with van der Waals surface area (Å²) in [6, 6.07) is 5.80. The highest BCUT2D eigenvalue weighted by Crippen LogP contribution is 2.25. The normalized spacial score (nSPS) is 11.1. The summed E-state index contributed by atoms with van der Waals surface area (Å²) < 4.78 is 26.5. The van der Waals surface area contributed by atoms with Crippen LogP contribution in [0.5, 0.6) is 0 Å². The van der Waals surface area contributed by atoms with Crippen molar-refractivity contribution in [1.82, 2.24) is 4.98 Å². The van der Waals surface area contributed by atoms with Gasteiger partial charge < -0.3 is 11.1 Å². The lowest BCUT2D eigenvalue weighted by molar-refractivity contribution is -0.114. The second kappa shape index (κ2) is 5.47. The molecule has 0 aliphatic carbocycles. The van der Waals surface area contributed by atoms with Crippen LogP contribution in [0.1, 0.15) is 6.92 Å². The minimum Gasteiger partial charge on any atom is -0.399 e. The molecule has 2 aromatic rings. The molecule has 20 heavy (non-hydrogen) atoms. The Morgan fingerprint density at radius 2 is 1.95 bits per heavy atom. The maximum Gasteiger partial charge on any atom is 0.263 e. The van der Waals surface area contributed by atoms with E-state index in [1.54, 1.807) is 0 Å². The van der Waals surface area contributed by atoms with Gasteiger partial charge in [0.2, 0.25) is 5.91 Å². The van der Waals surface area contributed by atoms with Crippen molar-refractivity contribution >= 4 is 43.1 Å². The molecule has 0 aliphatic rings. The molecule has 0 fully saturated rings. The summed E-state index contributed by atoms with van der Waals surface area (Å²) in [7, 11) is -3.72. The summed E-state index contributed by atoms with van der Waals surface area (Å²) in [5.41, 5.74) is 5.98. The van der Waals surface area contributed by atoms with Crippen molar-refractivity contribution in [2.45, 2.75) is 11.8 Å². The molecular weight excluding hydrogens is 300 g/mol. The van der Waals surface area contributed by atoms with Crippen LogP contribution in [0.15, 0.2) is 35.4 Å². The highest BCUT2D eigenvalue weighted by atomic mass is 32.2. The van der Waals surface area contributed by atoms with E-state index in [2.05, 4.69) is 15.0 Å². The number of thiazole rings is 1. The number of nitrogens with zero attached hydrogens (tertiary/aromatic N) is 1. The highest BCUT2D eigenvalue weighted by Gasteiger charge is 2.16. The van der Waals surface area contributed by atoms with E-state index in [1.165, 1.54) is 37.4 Å². The molecular formula is C11H12N4O3S2. The van der Waals surface area contributed by atoms with Crippen LogP contribution < -0.4 is 15.8 Å². The molecule has 1 aromatic heterocycles. The molecule has 1 amide bonds. The predicted molar refractivity (Wildman–Crippen MR) is 78.1 cm³/mol. The van der Waals surface area contributed by atoms with Crippen molar-refractivity contribution in [1.29, 1.82) is 0 Å². The van der Waals surface area contributed by atoms with Crippen LogP contribution in [0.2, 0.25) is 0 Å². The van der Waals surface area contributed by atoms with Gasteiger partial charge in [-0.25, -0.2) is 13.4 Å². The fraction of sp³-hybridized carbons (Fsp3) is 0.0909. The van der Waals surface area contributed by atoms with Crippen molar-refractivity contribution in [2.75, 3.05) is 15.8 Å². The second-order valence-electron chi connectivity index (χ2n) is 3.89. The van der Waals surface area contributed by atoms with E-state index in [1.807, 2.05) is 0 Å². The van der Waals surface area contributed by atoms with Crippen LogP contribution in [0.3, 0.4) is 0 Å². The molecule has 0 atom stereocenters. The van der Waals surface area contributed by atoms with Crippen molar-refractivity contribution in [3.8, 4) is 0 Å². The highest BCUT2D eigenvalue weighted by molar-refractivity contribution is 7.93. The van der Waals surface area contributed by atoms with Gasteiger partial charge in [0, 0.05) is 12.6 Å². The second-order valence-corrected chi connectivity index (χ2v) is 6.60. The minimum absolute atomic E-state index is 0.0861. The number of hydrogen-bond donors (Lipinski definition) is 3. The van der Waals surface area contributed by atoms with Gasteiger partial charge in [0.15, 0.2) is 5.13 Å². The lowest BCUT2D eigenvalue weighted by atomic mass is 10.3. The fourth-order valence-electron chi connectivity index (χ4n) is 1.37. The summed E-state index contributed by atoms with van der Waals surface area (Å²) >= 11 is 1.03. The smallest absolute Gasteiger partial charge is 0.263 e. The Bertz CT molecular complexity index is 722. The van der Waals surface area contributed by atoms with Crippen LogP contribution in [0, 0.1) is 0 Å². The molecule has 0 radical (unpaired) electrons. The van der Waals surface area contributed by atoms with Gasteiger partial charge in [-0.1, -0.05) is 11.3 Å². The molecule has 106 valence electrons. The lowest BCUT2D eigenvalue weighted by Gasteiger charge is -2.05. The number of nitrogen functional groups attached to an aromatic ring is 1. The van der Waals surface area contributed by atoms with Crippen molar-refractivity contribution < 1.29 is 13.2 Å². The van der Waals surface area contributed by atoms with Crippen molar-refractivity contribution in [3.05, 3.63) is 30.5 Å². The molecule has 0 unspecified atom stereocenters. The monoisotopic (exact) mass is 312 g/mol. The first-order chi connectivity index (χ1) is 9.37. The zero-order valence-corrected chi connectivity index (χ0v) is 12.1. The zero-order chi connectivity index (χ0) is 14.8. The molecule has 0 saturated carbocycles. The van der Waals surface area contributed by atoms with E-state index >= 15 is 0 Å². The van der Waals surface area contributed by atoms with Gasteiger partial charge in [0.05, 0.1) is 11.1 Å². The summed E-state index contributed by atoms with van der Waals surface area (Å²) in [6.45, 7) is 1.36. The third-order valence-electron chi connectivity index (χ3n) is 2.22. The van der Waals surface area contributed by atoms with E-state index in [0.717, 1.165) is 11.3 Å². The number of sulfonamides is 1. The predicted octanol–water partition coefficient (Wildman–Crippen LogP) is 1.48. The Balaban J connectivity index is 2.18. The Morgan fingerprint density at radius 1 is 1.30 bits per heavy atom. The van der Waals surface area contributed by atoms with E-state index in [0.29, 0.717) is 10.7 Å². The molecule has 0 spiro atoms. The summed E-state index contributed by atoms with van der Waals surface area (Å²) in [4.78, 5) is 14.9. The van der Waals surface area contributed by atoms with Gasteiger partial charge in [0.25, 0.3) is 10.0 Å². The number of nitrogens with two attached hydrogens (primary N) is 1. The average molecular weight is 312 g/mol. The molecule has 0 aliphatic heterocycles. The molecule has 4 N–H and O–H groups in total. The number of aromatic nitrogens is 1. The Labute approximate surface area is 119 Å². The first-order valence-electron chi connectivity index (χ1n) is 5.48. The molecule has 0 saturated heterocycles. The maximum atomic E-state index is 12.1. The molecule has 2 rings (SSSR count). The first kappa shape index (κ1) is 14.3. The Morgan fingerprint density at radius 3 is 2.55 bits per heavy atom. The van der Waals surface area contributed by atoms with Crippen LogP contribution in [-0.4, -0.2) is 19.3 Å². The van der Waals surface area contributed by atoms with Gasteiger partial charge in [-0.3, -0.25) is 9.52 Å². The summed E-state index contributed by atoms with van der Waals surface area (Å²) in [5.74, 6) is -0.249. The minimum atomic E-state index is -3.72. The molecule has 9 heteroatoms. The Hall–Kier alpha value is -2.13. The third-order valence-corrected chi connectivity index (χ3v) is 4.53. The number of carbonyl (C=O) groups excluding carboxylic acids is 1. The standard InChI is InChI=1S/C11H12N4O3S2/c1-7(16)14-10-6-13-11(19-10)15-20(17,18)9-4-2-8(12)3-5-9/h2-6H,12H2,1H3,(H,13,15)(H,14,16). The van der Waals surface area contributed by atoms with Gasteiger partial charge >= 0.3 is 0 Å². The van der Waals surface area contributed by atoms with Gasteiger partial charge in [-0.05, 0) is 24.3 Å². The quantitative estimate of drug-likeness (QED) is 0.740. The molecule has 7 nitrogen and oxygen atoms in total. The third kappa shape index (κ3) is 3.45. The fourth-order valence-corrected chi connectivity index (χ4v) is 3.38. The van der Waals surface area contributed by atoms with Crippen LogP contribution in [0.25, 0.3) is 0 Å². The zero-order valence-electron chi connectivity index (χ0n) is 10.5. The number of hydrogen-bond acceptors (Lipinski definition) is 6. The number of carbonyl (C=O) groups is 1.